The van der Waals surface area contributed by atoms with Crippen molar-refractivity contribution >= 4 is 30.2 Å². The summed E-state index contributed by atoms with van der Waals surface area (Å²) in [5.74, 6) is -0.0301. The molecule has 1 atom stereocenters. The summed E-state index contributed by atoms with van der Waals surface area (Å²) < 4.78 is 3.38. The first-order valence-corrected chi connectivity index (χ1v) is 7.73. The summed E-state index contributed by atoms with van der Waals surface area (Å²) in [4.78, 5) is 27.1. The molecule has 1 aromatic rings. The van der Waals surface area contributed by atoms with Crippen molar-refractivity contribution in [3.05, 3.63) is 20.7 Å². The Bertz CT molecular complexity index is 651. The van der Waals surface area contributed by atoms with E-state index in [-0.39, 0.29) is 18.0 Å². The number of hydrogen-bond donors (Lipinski definition) is 1. The van der Waals surface area contributed by atoms with Gasteiger partial charge in [0.15, 0.2) is 0 Å². The van der Waals surface area contributed by atoms with Gasteiger partial charge in [-0.25, -0.2) is 9.79 Å². The van der Waals surface area contributed by atoms with Crippen LogP contribution in [0.15, 0.2) is 9.79 Å². The number of aliphatic imine (C=N–C) groups is 1. The highest BCUT2D eigenvalue weighted by Crippen LogP contribution is 2.18. The SMILES string of the molecule is CCC(/C=N\c1c(C)c(=S)n(C)c(=O)n1C)CCCC(=O)O. The fraction of sp³-hybridized carbons (Fsp3) is 0.600. The normalized spacial score (nSPS) is 12.7. The Morgan fingerprint density at radius 3 is 2.59 bits per heavy atom. The average molecular weight is 325 g/mol. The van der Waals surface area contributed by atoms with Gasteiger partial charge >= 0.3 is 11.7 Å². The lowest BCUT2D eigenvalue weighted by atomic mass is 10.0. The second-order valence-electron chi connectivity index (χ2n) is 5.39. The van der Waals surface area contributed by atoms with Gasteiger partial charge in [0.05, 0.1) is 0 Å². The molecule has 0 saturated heterocycles. The van der Waals surface area contributed by atoms with Gasteiger partial charge in [0.2, 0.25) is 0 Å². The van der Waals surface area contributed by atoms with Crippen LogP contribution in [-0.2, 0) is 18.9 Å². The molecular formula is C15H23N3O3S. The minimum atomic E-state index is -0.781. The van der Waals surface area contributed by atoms with Crippen molar-refractivity contribution in [2.75, 3.05) is 0 Å². The van der Waals surface area contributed by atoms with E-state index in [2.05, 4.69) is 4.99 Å². The molecule has 0 aliphatic rings. The molecule has 0 aliphatic carbocycles. The Kier molecular flexibility index (Phi) is 6.67. The number of hydrogen-bond acceptors (Lipinski definition) is 4. The van der Waals surface area contributed by atoms with Crippen LogP contribution in [-0.4, -0.2) is 26.4 Å². The lowest BCUT2D eigenvalue weighted by Crippen LogP contribution is -2.28. The van der Waals surface area contributed by atoms with E-state index in [1.54, 1.807) is 20.3 Å². The van der Waals surface area contributed by atoms with Gasteiger partial charge < -0.3 is 5.11 Å². The number of carboxylic acids is 1. The molecule has 1 aromatic heterocycles. The van der Waals surface area contributed by atoms with Crippen molar-refractivity contribution in [2.45, 2.75) is 39.5 Å². The number of nitrogens with zero attached hydrogens (tertiary/aromatic N) is 3. The highest BCUT2D eigenvalue weighted by atomic mass is 32.1. The molecule has 22 heavy (non-hydrogen) atoms. The number of aromatic nitrogens is 2. The maximum atomic E-state index is 12.0. The van der Waals surface area contributed by atoms with Crippen LogP contribution in [0, 0.1) is 17.5 Å². The van der Waals surface area contributed by atoms with Crippen LogP contribution < -0.4 is 5.69 Å². The van der Waals surface area contributed by atoms with E-state index in [9.17, 15) is 9.59 Å². The predicted molar refractivity (Wildman–Crippen MR) is 89.6 cm³/mol. The third-order valence-corrected chi connectivity index (χ3v) is 4.33. The molecule has 6 nitrogen and oxygen atoms in total. The lowest BCUT2D eigenvalue weighted by molar-refractivity contribution is -0.137. The van der Waals surface area contributed by atoms with Crippen LogP contribution >= 0.6 is 12.2 Å². The number of rotatable bonds is 7. The molecule has 0 fully saturated rings. The number of carbonyl (C=O) groups is 1. The zero-order valence-corrected chi connectivity index (χ0v) is 14.3. The van der Waals surface area contributed by atoms with Gasteiger partial charge in [-0.05, 0) is 32.1 Å². The Morgan fingerprint density at radius 1 is 1.41 bits per heavy atom. The van der Waals surface area contributed by atoms with E-state index in [0.717, 1.165) is 18.4 Å². The predicted octanol–water partition coefficient (Wildman–Crippen LogP) is 2.75. The van der Waals surface area contributed by atoms with Gasteiger partial charge in [-0.3, -0.25) is 13.9 Å². The highest BCUT2D eigenvalue weighted by Gasteiger charge is 2.10. The zero-order chi connectivity index (χ0) is 16.9. The molecule has 1 rings (SSSR count). The smallest absolute Gasteiger partial charge is 0.330 e. The second-order valence-corrected chi connectivity index (χ2v) is 5.77. The van der Waals surface area contributed by atoms with E-state index in [4.69, 9.17) is 17.3 Å². The molecule has 1 N–H and O–H groups in total. The summed E-state index contributed by atoms with van der Waals surface area (Å²) in [6.45, 7) is 3.88. The van der Waals surface area contributed by atoms with E-state index in [1.165, 1.54) is 9.13 Å². The van der Waals surface area contributed by atoms with E-state index in [1.807, 2.05) is 13.8 Å². The molecule has 122 valence electrons. The van der Waals surface area contributed by atoms with Crippen LogP contribution in [0.25, 0.3) is 0 Å². The van der Waals surface area contributed by atoms with Crippen LogP contribution in [0.5, 0.6) is 0 Å². The van der Waals surface area contributed by atoms with Crippen molar-refractivity contribution in [2.24, 2.45) is 25.0 Å². The molecule has 0 radical (unpaired) electrons. The molecule has 0 amide bonds. The summed E-state index contributed by atoms with van der Waals surface area (Å²) in [6.07, 6.45) is 4.23. The minimum Gasteiger partial charge on any atom is -0.481 e. The molecule has 0 aliphatic heterocycles. The van der Waals surface area contributed by atoms with Crippen molar-refractivity contribution in [3.63, 3.8) is 0 Å². The maximum Gasteiger partial charge on any atom is 0.330 e. The molecular weight excluding hydrogens is 302 g/mol. The summed E-state index contributed by atoms with van der Waals surface area (Å²) in [7, 11) is 3.31. The van der Waals surface area contributed by atoms with Gasteiger partial charge in [-0.15, -0.1) is 0 Å². The standard InChI is InChI=1S/C15H23N3O3S/c1-5-11(7-6-8-12(19)20)9-16-13-10(2)14(22)18(4)15(21)17(13)3/h9,11H,5-8H2,1-4H3,(H,19,20)/b16-9-. The Morgan fingerprint density at radius 2 is 2.05 bits per heavy atom. The zero-order valence-electron chi connectivity index (χ0n) is 13.5. The van der Waals surface area contributed by atoms with Crippen molar-refractivity contribution in [1.82, 2.24) is 9.13 Å². The van der Waals surface area contributed by atoms with E-state index in [0.29, 0.717) is 16.9 Å². The van der Waals surface area contributed by atoms with Crippen LogP contribution in [0.4, 0.5) is 5.82 Å². The Labute approximate surface area is 135 Å². The van der Waals surface area contributed by atoms with Gasteiger partial charge in [0, 0.05) is 32.3 Å². The molecule has 1 heterocycles. The fourth-order valence-electron chi connectivity index (χ4n) is 2.26. The minimum absolute atomic E-state index is 0.166. The summed E-state index contributed by atoms with van der Waals surface area (Å²) in [5, 5.41) is 8.68. The van der Waals surface area contributed by atoms with Gasteiger partial charge in [0.25, 0.3) is 0 Å². The third-order valence-electron chi connectivity index (χ3n) is 3.75. The molecule has 7 heteroatoms. The highest BCUT2D eigenvalue weighted by molar-refractivity contribution is 7.71. The summed E-state index contributed by atoms with van der Waals surface area (Å²) in [5.41, 5.74) is 0.581. The Balaban J connectivity index is 3.00. The molecule has 0 spiro atoms. The third kappa shape index (κ3) is 4.37. The topological polar surface area (TPSA) is 76.6 Å². The second kappa shape index (κ2) is 8.03. The molecule has 1 unspecified atom stereocenters. The lowest BCUT2D eigenvalue weighted by Gasteiger charge is -2.12. The monoisotopic (exact) mass is 325 g/mol. The van der Waals surface area contributed by atoms with Gasteiger partial charge in [-0.1, -0.05) is 19.1 Å². The number of aliphatic carboxylic acids is 1. The Hall–Kier alpha value is -1.76. The first kappa shape index (κ1) is 18.3. The average Bonchev–Trinajstić information content (AvgIpc) is 2.48. The molecule has 0 aromatic carbocycles. The quantitative estimate of drug-likeness (QED) is 0.618. The van der Waals surface area contributed by atoms with Crippen LogP contribution in [0.1, 0.15) is 38.2 Å². The van der Waals surface area contributed by atoms with Gasteiger partial charge in [-0.2, -0.15) is 0 Å². The van der Waals surface area contributed by atoms with Crippen LogP contribution in [0.3, 0.4) is 0 Å². The maximum absolute atomic E-state index is 12.0. The summed E-state index contributed by atoms with van der Waals surface area (Å²) >= 11 is 5.25. The molecule has 0 saturated carbocycles. The van der Waals surface area contributed by atoms with Gasteiger partial charge in [0.1, 0.15) is 10.5 Å². The number of carboxylic acid groups (broad SMARTS) is 1. The van der Waals surface area contributed by atoms with Crippen LogP contribution in [0.2, 0.25) is 0 Å². The van der Waals surface area contributed by atoms with E-state index >= 15 is 0 Å². The first-order chi connectivity index (χ1) is 10.3. The van der Waals surface area contributed by atoms with Crippen molar-refractivity contribution in [1.29, 1.82) is 0 Å². The van der Waals surface area contributed by atoms with Crippen molar-refractivity contribution < 1.29 is 9.90 Å². The largest absolute Gasteiger partial charge is 0.481 e. The van der Waals surface area contributed by atoms with Crippen molar-refractivity contribution in [3.8, 4) is 0 Å². The van der Waals surface area contributed by atoms with E-state index < -0.39 is 5.97 Å². The fourth-order valence-corrected chi connectivity index (χ4v) is 2.43. The molecule has 0 bridgehead atoms. The first-order valence-electron chi connectivity index (χ1n) is 7.32. The summed E-state index contributed by atoms with van der Waals surface area (Å²) in [6, 6.07) is 0.